The van der Waals surface area contributed by atoms with Crippen LogP contribution in [0.4, 0.5) is 0 Å². The molecule has 0 bridgehead atoms. The van der Waals surface area contributed by atoms with Gasteiger partial charge in [-0.05, 0) is 6.07 Å². The number of carbonyl (C=O) groups is 1. The first-order valence-electron chi connectivity index (χ1n) is 6.32. The van der Waals surface area contributed by atoms with Crippen LogP contribution in [0.2, 0.25) is 0 Å². The van der Waals surface area contributed by atoms with Gasteiger partial charge in [0.15, 0.2) is 0 Å². The Kier molecular flexibility index (Phi) is 3.55. The van der Waals surface area contributed by atoms with Gasteiger partial charge in [-0.2, -0.15) is 16.9 Å². The smallest absolute Gasteiger partial charge is 0.271 e. The van der Waals surface area contributed by atoms with E-state index < -0.39 is 0 Å². The SMILES string of the molecule is O=C(c1cc(-c2ccccc2)n[nH]1)N1CCSCC1. The molecule has 2 heterocycles. The predicted octanol–water partition coefficient (Wildman–Crippen LogP) is 2.27. The minimum Gasteiger partial charge on any atom is -0.336 e. The summed E-state index contributed by atoms with van der Waals surface area (Å²) in [5.41, 5.74) is 2.41. The first kappa shape index (κ1) is 12.3. The molecule has 19 heavy (non-hydrogen) atoms. The lowest BCUT2D eigenvalue weighted by Crippen LogP contribution is -2.38. The Labute approximate surface area is 116 Å². The summed E-state index contributed by atoms with van der Waals surface area (Å²) in [6.45, 7) is 1.65. The largest absolute Gasteiger partial charge is 0.336 e. The summed E-state index contributed by atoms with van der Waals surface area (Å²) in [4.78, 5) is 14.2. The van der Waals surface area contributed by atoms with Crippen LogP contribution in [0.1, 0.15) is 10.5 Å². The third-order valence-electron chi connectivity index (χ3n) is 3.18. The molecule has 98 valence electrons. The number of amides is 1. The molecule has 0 unspecified atom stereocenters. The molecule has 0 atom stereocenters. The van der Waals surface area contributed by atoms with Crippen LogP contribution >= 0.6 is 11.8 Å². The number of aromatic nitrogens is 2. The molecule has 0 radical (unpaired) electrons. The lowest BCUT2D eigenvalue weighted by atomic mass is 10.1. The zero-order valence-electron chi connectivity index (χ0n) is 10.5. The summed E-state index contributed by atoms with van der Waals surface area (Å²) in [5.74, 6) is 2.09. The number of H-pyrrole nitrogens is 1. The van der Waals surface area contributed by atoms with E-state index in [1.165, 1.54) is 0 Å². The maximum Gasteiger partial charge on any atom is 0.271 e. The number of benzene rings is 1. The first-order chi connectivity index (χ1) is 9.34. The molecule has 1 aromatic carbocycles. The molecule has 0 aliphatic carbocycles. The molecular formula is C14H15N3OS. The van der Waals surface area contributed by atoms with E-state index in [9.17, 15) is 4.79 Å². The molecule has 3 rings (SSSR count). The van der Waals surface area contributed by atoms with Crippen molar-refractivity contribution in [2.45, 2.75) is 0 Å². The van der Waals surface area contributed by atoms with E-state index in [-0.39, 0.29) is 5.91 Å². The van der Waals surface area contributed by atoms with E-state index in [1.807, 2.05) is 53.1 Å². The standard InChI is InChI=1S/C14H15N3OS/c18-14(17-6-8-19-9-7-17)13-10-12(15-16-13)11-4-2-1-3-5-11/h1-5,10H,6-9H2,(H,15,16). The second kappa shape index (κ2) is 5.48. The molecule has 1 aliphatic rings. The zero-order chi connectivity index (χ0) is 13.1. The molecule has 1 fully saturated rings. The lowest BCUT2D eigenvalue weighted by molar-refractivity contribution is 0.0766. The van der Waals surface area contributed by atoms with Gasteiger partial charge in [-0.3, -0.25) is 9.89 Å². The van der Waals surface area contributed by atoms with Gasteiger partial charge in [-0.25, -0.2) is 0 Å². The van der Waals surface area contributed by atoms with Crippen molar-refractivity contribution in [3.8, 4) is 11.3 Å². The first-order valence-corrected chi connectivity index (χ1v) is 7.48. The molecule has 2 aromatic rings. The Balaban J connectivity index is 1.79. The topological polar surface area (TPSA) is 49.0 Å². The fourth-order valence-electron chi connectivity index (χ4n) is 2.12. The fraction of sp³-hybridized carbons (Fsp3) is 0.286. The molecule has 1 N–H and O–H groups in total. The van der Waals surface area contributed by atoms with E-state index in [0.29, 0.717) is 5.69 Å². The average molecular weight is 273 g/mol. The highest BCUT2D eigenvalue weighted by molar-refractivity contribution is 7.99. The third-order valence-corrected chi connectivity index (χ3v) is 4.12. The quantitative estimate of drug-likeness (QED) is 0.913. The van der Waals surface area contributed by atoms with Gasteiger partial charge in [0.05, 0.1) is 5.69 Å². The van der Waals surface area contributed by atoms with Crippen molar-refractivity contribution in [2.75, 3.05) is 24.6 Å². The van der Waals surface area contributed by atoms with Crippen molar-refractivity contribution >= 4 is 17.7 Å². The van der Waals surface area contributed by atoms with Crippen LogP contribution in [0, 0.1) is 0 Å². The second-order valence-corrected chi connectivity index (χ2v) is 5.66. The third kappa shape index (κ3) is 2.66. The van der Waals surface area contributed by atoms with Crippen LogP contribution in [-0.2, 0) is 0 Å². The fourth-order valence-corrected chi connectivity index (χ4v) is 3.03. The summed E-state index contributed by atoms with van der Waals surface area (Å²) >= 11 is 1.89. The summed E-state index contributed by atoms with van der Waals surface area (Å²) in [6, 6.07) is 11.7. The van der Waals surface area contributed by atoms with Crippen LogP contribution in [0.3, 0.4) is 0 Å². The summed E-state index contributed by atoms with van der Waals surface area (Å²) in [5, 5.41) is 7.08. The van der Waals surface area contributed by atoms with E-state index in [4.69, 9.17) is 0 Å². The normalized spacial score (nSPS) is 15.5. The number of aromatic amines is 1. The molecule has 1 saturated heterocycles. The van der Waals surface area contributed by atoms with Crippen LogP contribution in [0.5, 0.6) is 0 Å². The van der Waals surface area contributed by atoms with Crippen molar-refractivity contribution in [3.63, 3.8) is 0 Å². The number of nitrogens with zero attached hydrogens (tertiary/aromatic N) is 2. The number of hydrogen-bond donors (Lipinski definition) is 1. The Morgan fingerprint density at radius 2 is 1.95 bits per heavy atom. The number of nitrogens with one attached hydrogen (secondary N) is 1. The minimum absolute atomic E-state index is 0.0509. The summed E-state index contributed by atoms with van der Waals surface area (Å²) in [7, 11) is 0. The van der Waals surface area contributed by atoms with Crippen molar-refractivity contribution in [1.29, 1.82) is 0 Å². The molecule has 4 nitrogen and oxygen atoms in total. The summed E-state index contributed by atoms with van der Waals surface area (Å²) < 4.78 is 0. The van der Waals surface area contributed by atoms with Crippen LogP contribution < -0.4 is 0 Å². The molecule has 1 aromatic heterocycles. The molecular weight excluding hydrogens is 258 g/mol. The van der Waals surface area contributed by atoms with Gasteiger partial charge in [0.1, 0.15) is 5.69 Å². The predicted molar refractivity (Wildman–Crippen MR) is 77.3 cm³/mol. The molecule has 0 spiro atoms. The van der Waals surface area contributed by atoms with Crippen molar-refractivity contribution in [3.05, 3.63) is 42.1 Å². The molecule has 1 amide bonds. The highest BCUT2D eigenvalue weighted by Crippen LogP contribution is 2.18. The Hall–Kier alpha value is -1.75. The number of carbonyl (C=O) groups excluding carboxylic acids is 1. The van der Waals surface area contributed by atoms with E-state index in [1.54, 1.807) is 0 Å². The highest BCUT2D eigenvalue weighted by Gasteiger charge is 2.20. The van der Waals surface area contributed by atoms with E-state index in [0.717, 1.165) is 35.9 Å². The maximum absolute atomic E-state index is 12.3. The molecule has 1 aliphatic heterocycles. The zero-order valence-corrected chi connectivity index (χ0v) is 11.3. The average Bonchev–Trinajstić information content (AvgIpc) is 2.98. The second-order valence-electron chi connectivity index (χ2n) is 4.44. The van der Waals surface area contributed by atoms with Crippen LogP contribution in [0.15, 0.2) is 36.4 Å². The Morgan fingerprint density at radius 3 is 2.68 bits per heavy atom. The molecule has 0 saturated carbocycles. The van der Waals surface area contributed by atoms with Gasteiger partial charge < -0.3 is 4.90 Å². The van der Waals surface area contributed by atoms with E-state index in [2.05, 4.69) is 10.2 Å². The van der Waals surface area contributed by atoms with Gasteiger partial charge in [-0.15, -0.1) is 0 Å². The van der Waals surface area contributed by atoms with Crippen molar-refractivity contribution in [2.24, 2.45) is 0 Å². The van der Waals surface area contributed by atoms with Gasteiger partial charge in [0.25, 0.3) is 5.91 Å². The van der Waals surface area contributed by atoms with Crippen LogP contribution in [0.25, 0.3) is 11.3 Å². The number of rotatable bonds is 2. The van der Waals surface area contributed by atoms with Crippen LogP contribution in [-0.4, -0.2) is 45.6 Å². The van der Waals surface area contributed by atoms with Gasteiger partial charge in [-0.1, -0.05) is 30.3 Å². The highest BCUT2D eigenvalue weighted by atomic mass is 32.2. The van der Waals surface area contributed by atoms with Gasteiger partial charge >= 0.3 is 0 Å². The van der Waals surface area contributed by atoms with Crippen molar-refractivity contribution in [1.82, 2.24) is 15.1 Å². The van der Waals surface area contributed by atoms with Crippen molar-refractivity contribution < 1.29 is 4.79 Å². The maximum atomic E-state index is 12.3. The Bertz CT molecular complexity index is 561. The monoisotopic (exact) mass is 273 g/mol. The summed E-state index contributed by atoms with van der Waals surface area (Å²) in [6.07, 6.45) is 0. The Morgan fingerprint density at radius 1 is 1.21 bits per heavy atom. The number of thioether (sulfide) groups is 1. The van der Waals surface area contributed by atoms with E-state index >= 15 is 0 Å². The van der Waals surface area contributed by atoms with Gasteiger partial charge in [0, 0.05) is 30.2 Å². The minimum atomic E-state index is 0.0509. The van der Waals surface area contributed by atoms with Gasteiger partial charge in [0.2, 0.25) is 0 Å². The lowest BCUT2D eigenvalue weighted by Gasteiger charge is -2.25. The number of hydrogen-bond acceptors (Lipinski definition) is 3. The molecule has 5 heteroatoms.